The van der Waals surface area contributed by atoms with Crippen LogP contribution in [0.25, 0.3) is 11.1 Å². The molecule has 2 aromatic carbocycles. The minimum atomic E-state index is -0.635. The zero-order valence-electron chi connectivity index (χ0n) is 8.60. The van der Waals surface area contributed by atoms with Gasteiger partial charge in [0.15, 0.2) is 0 Å². The molecule has 16 heavy (non-hydrogen) atoms. The van der Waals surface area contributed by atoms with Gasteiger partial charge in [-0.05, 0) is 42.3 Å². The first kappa shape index (κ1) is 10.7. The van der Waals surface area contributed by atoms with E-state index in [1.165, 1.54) is 36.4 Å². The Hall–Kier alpha value is -1.77. The van der Waals surface area contributed by atoms with Gasteiger partial charge in [0, 0.05) is 0 Å². The van der Waals surface area contributed by atoms with Gasteiger partial charge in [-0.3, -0.25) is 0 Å². The molecule has 2 aromatic rings. The third-order valence-corrected chi connectivity index (χ3v) is 2.32. The largest absolute Gasteiger partial charge is 0.207 e. The molecule has 0 nitrogen and oxygen atoms in total. The Kier molecular flexibility index (Phi) is 2.69. The summed E-state index contributed by atoms with van der Waals surface area (Å²) in [6.45, 7) is 1.61. The van der Waals surface area contributed by atoms with Crippen LogP contribution in [0.5, 0.6) is 0 Å². The summed E-state index contributed by atoms with van der Waals surface area (Å²) in [5.74, 6) is -1.70. The summed E-state index contributed by atoms with van der Waals surface area (Å²) >= 11 is 0. The number of benzene rings is 2. The zero-order chi connectivity index (χ0) is 11.7. The summed E-state index contributed by atoms with van der Waals surface area (Å²) in [5, 5.41) is 0. The van der Waals surface area contributed by atoms with Crippen molar-refractivity contribution in [1.82, 2.24) is 0 Å². The number of aryl methyl sites for hydroxylation is 1. The van der Waals surface area contributed by atoms with Crippen molar-refractivity contribution >= 4 is 0 Å². The highest BCUT2D eigenvalue weighted by Gasteiger charge is 2.11. The lowest BCUT2D eigenvalue weighted by Gasteiger charge is -2.06. The number of hydrogen-bond donors (Lipinski definition) is 0. The average molecular weight is 222 g/mol. The molecule has 0 saturated carbocycles. The van der Waals surface area contributed by atoms with E-state index in [0.29, 0.717) is 11.1 Å². The molecule has 0 bridgehead atoms. The van der Waals surface area contributed by atoms with Crippen LogP contribution in [0.3, 0.4) is 0 Å². The standard InChI is InChI=1S/C13H9F3/c1-8-6-11(15)13(12(16)7-8)9-2-4-10(14)5-3-9/h2-7H,1H3. The maximum absolute atomic E-state index is 13.6. The lowest BCUT2D eigenvalue weighted by Crippen LogP contribution is -1.91. The molecule has 0 saturated heterocycles. The van der Waals surface area contributed by atoms with Crippen LogP contribution >= 0.6 is 0 Å². The maximum Gasteiger partial charge on any atom is 0.134 e. The lowest BCUT2D eigenvalue weighted by molar-refractivity contribution is 0.587. The van der Waals surface area contributed by atoms with Gasteiger partial charge in [0.25, 0.3) is 0 Å². The number of rotatable bonds is 1. The monoisotopic (exact) mass is 222 g/mol. The van der Waals surface area contributed by atoms with Gasteiger partial charge in [0.1, 0.15) is 17.5 Å². The third-order valence-electron chi connectivity index (χ3n) is 2.32. The molecule has 0 aromatic heterocycles. The molecular formula is C13H9F3. The molecule has 0 unspecified atom stereocenters. The van der Waals surface area contributed by atoms with Gasteiger partial charge in [-0.25, -0.2) is 13.2 Å². The molecule has 0 aliphatic rings. The van der Waals surface area contributed by atoms with Crippen LogP contribution in [0.1, 0.15) is 5.56 Å². The minimum Gasteiger partial charge on any atom is -0.207 e. The van der Waals surface area contributed by atoms with Crippen molar-refractivity contribution in [2.75, 3.05) is 0 Å². The summed E-state index contributed by atoms with van der Waals surface area (Å²) in [6.07, 6.45) is 0. The van der Waals surface area contributed by atoms with Gasteiger partial charge >= 0.3 is 0 Å². The summed E-state index contributed by atoms with van der Waals surface area (Å²) in [5.41, 5.74) is 0.725. The van der Waals surface area contributed by atoms with Crippen molar-refractivity contribution in [1.29, 1.82) is 0 Å². The second-order valence-corrected chi connectivity index (χ2v) is 3.61. The summed E-state index contributed by atoms with van der Waals surface area (Å²) in [7, 11) is 0. The summed E-state index contributed by atoms with van der Waals surface area (Å²) in [4.78, 5) is 0. The highest BCUT2D eigenvalue weighted by Crippen LogP contribution is 2.27. The normalized spacial score (nSPS) is 10.5. The van der Waals surface area contributed by atoms with Gasteiger partial charge in [-0.1, -0.05) is 12.1 Å². The van der Waals surface area contributed by atoms with E-state index in [2.05, 4.69) is 0 Å². The molecule has 0 atom stereocenters. The van der Waals surface area contributed by atoms with Crippen molar-refractivity contribution in [3.8, 4) is 11.1 Å². The predicted molar refractivity (Wildman–Crippen MR) is 56.5 cm³/mol. The van der Waals surface area contributed by atoms with E-state index >= 15 is 0 Å². The Morgan fingerprint density at radius 3 is 1.81 bits per heavy atom. The van der Waals surface area contributed by atoms with Gasteiger partial charge < -0.3 is 0 Å². The van der Waals surface area contributed by atoms with Crippen LogP contribution in [0.4, 0.5) is 13.2 Å². The van der Waals surface area contributed by atoms with Crippen molar-refractivity contribution in [2.24, 2.45) is 0 Å². The molecular weight excluding hydrogens is 213 g/mol. The predicted octanol–water partition coefficient (Wildman–Crippen LogP) is 4.08. The maximum atomic E-state index is 13.6. The highest BCUT2D eigenvalue weighted by molar-refractivity contribution is 5.65. The van der Waals surface area contributed by atoms with E-state index in [1.54, 1.807) is 6.92 Å². The van der Waals surface area contributed by atoms with E-state index in [-0.39, 0.29) is 5.56 Å². The van der Waals surface area contributed by atoms with Crippen molar-refractivity contribution in [2.45, 2.75) is 6.92 Å². The van der Waals surface area contributed by atoms with Crippen molar-refractivity contribution < 1.29 is 13.2 Å². The molecule has 82 valence electrons. The molecule has 0 spiro atoms. The van der Waals surface area contributed by atoms with E-state index in [0.717, 1.165) is 0 Å². The molecule has 0 fully saturated rings. The molecule has 2 rings (SSSR count). The molecule has 0 radical (unpaired) electrons. The minimum absolute atomic E-state index is 0.120. The first-order valence-electron chi connectivity index (χ1n) is 4.79. The topological polar surface area (TPSA) is 0 Å². The van der Waals surface area contributed by atoms with E-state index in [1.807, 2.05) is 0 Å². The molecule has 0 aliphatic heterocycles. The number of halogens is 3. The van der Waals surface area contributed by atoms with Crippen LogP contribution < -0.4 is 0 Å². The first-order valence-corrected chi connectivity index (χ1v) is 4.79. The smallest absolute Gasteiger partial charge is 0.134 e. The SMILES string of the molecule is Cc1cc(F)c(-c2ccc(F)cc2)c(F)c1. The van der Waals surface area contributed by atoms with Gasteiger partial charge in [0.05, 0.1) is 5.56 Å². The fourth-order valence-electron chi connectivity index (χ4n) is 1.59. The van der Waals surface area contributed by atoms with Crippen LogP contribution in [0, 0.1) is 24.4 Å². The van der Waals surface area contributed by atoms with E-state index in [4.69, 9.17) is 0 Å². The summed E-state index contributed by atoms with van der Waals surface area (Å²) < 4.78 is 39.8. The van der Waals surface area contributed by atoms with Crippen LogP contribution in [-0.2, 0) is 0 Å². The fourth-order valence-corrected chi connectivity index (χ4v) is 1.59. The molecule has 0 heterocycles. The Labute approximate surface area is 91.4 Å². The second kappa shape index (κ2) is 4.00. The second-order valence-electron chi connectivity index (χ2n) is 3.61. The van der Waals surface area contributed by atoms with Gasteiger partial charge in [-0.15, -0.1) is 0 Å². The molecule has 0 N–H and O–H groups in total. The van der Waals surface area contributed by atoms with Crippen LogP contribution in [0.2, 0.25) is 0 Å². The van der Waals surface area contributed by atoms with Crippen LogP contribution in [-0.4, -0.2) is 0 Å². The van der Waals surface area contributed by atoms with Crippen LogP contribution in [0.15, 0.2) is 36.4 Å². The Morgan fingerprint density at radius 2 is 1.31 bits per heavy atom. The van der Waals surface area contributed by atoms with E-state index in [9.17, 15) is 13.2 Å². The zero-order valence-corrected chi connectivity index (χ0v) is 8.60. The Bertz CT molecular complexity index is 492. The molecule has 3 heteroatoms. The van der Waals surface area contributed by atoms with Crippen molar-refractivity contribution in [3.63, 3.8) is 0 Å². The van der Waals surface area contributed by atoms with Crippen molar-refractivity contribution in [3.05, 3.63) is 59.4 Å². The van der Waals surface area contributed by atoms with Gasteiger partial charge in [0.2, 0.25) is 0 Å². The fraction of sp³-hybridized carbons (Fsp3) is 0.0769. The Balaban J connectivity index is 2.60. The van der Waals surface area contributed by atoms with Gasteiger partial charge in [-0.2, -0.15) is 0 Å². The Morgan fingerprint density at radius 1 is 0.812 bits per heavy atom. The quantitative estimate of drug-likeness (QED) is 0.682. The third kappa shape index (κ3) is 1.94. The summed E-state index contributed by atoms with van der Waals surface area (Å²) in [6, 6.07) is 7.56. The van der Waals surface area contributed by atoms with E-state index < -0.39 is 17.5 Å². The highest BCUT2D eigenvalue weighted by atomic mass is 19.1. The molecule has 0 amide bonds. The molecule has 0 aliphatic carbocycles. The average Bonchev–Trinajstić information content (AvgIpc) is 2.19. The lowest BCUT2D eigenvalue weighted by atomic mass is 10.0. The first-order chi connectivity index (χ1) is 7.58. The number of hydrogen-bond acceptors (Lipinski definition) is 0.